The number of hydrogen-bond donors (Lipinski definition) is 1. The molecule has 0 atom stereocenters. The van der Waals surface area contributed by atoms with Gasteiger partial charge in [0.25, 0.3) is 10.0 Å². The highest BCUT2D eigenvalue weighted by Crippen LogP contribution is 2.36. The number of halogens is 3. The van der Waals surface area contributed by atoms with Gasteiger partial charge in [0.2, 0.25) is 0 Å². The number of anilines is 1. The van der Waals surface area contributed by atoms with Crippen LogP contribution in [0.1, 0.15) is 0 Å². The van der Waals surface area contributed by atoms with E-state index >= 15 is 0 Å². The minimum Gasteiger partial charge on any atom is -0.493 e. The van der Waals surface area contributed by atoms with Gasteiger partial charge >= 0.3 is 0 Å². The van der Waals surface area contributed by atoms with E-state index in [1.165, 1.54) is 38.5 Å². The van der Waals surface area contributed by atoms with E-state index in [-0.39, 0.29) is 25.8 Å². The zero-order valence-electron chi connectivity index (χ0n) is 12.1. The Labute approximate surface area is 146 Å². The lowest BCUT2D eigenvalue weighted by molar-refractivity contribution is 0.353. The molecule has 0 amide bonds. The Balaban J connectivity index is 2.49. The lowest BCUT2D eigenvalue weighted by Crippen LogP contribution is -2.15. The standard InChI is InChI=1S/C14H12BrClFNO4S/c1-21-12-6-9(15)14(7-13(12)22-2)23(19,20)18-11-5-8(16)3-4-10(11)17/h3-7,18H,1-2H3. The first-order valence-electron chi connectivity index (χ1n) is 6.18. The van der Waals surface area contributed by atoms with Crippen LogP contribution in [0.5, 0.6) is 11.5 Å². The predicted molar refractivity (Wildman–Crippen MR) is 89.5 cm³/mol. The van der Waals surface area contributed by atoms with Crippen molar-refractivity contribution in [1.29, 1.82) is 0 Å². The number of hydrogen-bond acceptors (Lipinski definition) is 4. The predicted octanol–water partition coefficient (Wildman–Crippen LogP) is 4.06. The van der Waals surface area contributed by atoms with Gasteiger partial charge in [0.15, 0.2) is 11.5 Å². The molecule has 0 saturated heterocycles. The number of methoxy groups -OCH3 is 2. The van der Waals surface area contributed by atoms with E-state index in [2.05, 4.69) is 20.7 Å². The van der Waals surface area contributed by atoms with Crippen molar-refractivity contribution in [3.63, 3.8) is 0 Å². The van der Waals surface area contributed by atoms with Gasteiger partial charge in [-0.1, -0.05) is 11.6 Å². The van der Waals surface area contributed by atoms with Gasteiger partial charge in [0.05, 0.1) is 19.9 Å². The van der Waals surface area contributed by atoms with Crippen molar-refractivity contribution in [2.24, 2.45) is 0 Å². The summed E-state index contributed by atoms with van der Waals surface area (Å²) in [5, 5.41) is 0.204. The van der Waals surface area contributed by atoms with E-state index in [1.54, 1.807) is 0 Å². The topological polar surface area (TPSA) is 64.6 Å². The molecular formula is C14H12BrClFNO4S. The fourth-order valence-electron chi connectivity index (χ4n) is 1.82. The molecule has 23 heavy (non-hydrogen) atoms. The molecule has 9 heteroatoms. The number of rotatable bonds is 5. The van der Waals surface area contributed by atoms with E-state index < -0.39 is 15.8 Å². The number of benzene rings is 2. The van der Waals surface area contributed by atoms with Crippen LogP contribution in [0.15, 0.2) is 39.7 Å². The Morgan fingerprint density at radius 3 is 2.35 bits per heavy atom. The van der Waals surface area contributed by atoms with Crippen LogP contribution in [0.2, 0.25) is 5.02 Å². The summed E-state index contributed by atoms with van der Waals surface area (Å²) in [5.74, 6) is -0.163. The van der Waals surface area contributed by atoms with Crippen LogP contribution in [-0.4, -0.2) is 22.6 Å². The van der Waals surface area contributed by atoms with Crippen LogP contribution in [0, 0.1) is 5.82 Å². The highest BCUT2D eigenvalue weighted by atomic mass is 79.9. The van der Waals surface area contributed by atoms with E-state index in [0.717, 1.165) is 6.07 Å². The van der Waals surface area contributed by atoms with Crippen molar-refractivity contribution >= 4 is 43.2 Å². The highest BCUT2D eigenvalue weighted by Gasteiger charge is 2.22. The molecule has 0 fully saturated rings. The minimum absolute atomic E-state index is 0.130. The van der Waals surface area contributed by atoms with E-state index in [9.17, 15) is 12.8 Å². The van der Waals surface area contributed by atoms with Crippen molar-refractivity contribution in [2.45, 2.75) is 4.90 Å². The van der Waals surface area contributed by atoms with Gasteiger partial charge in [0, 0.05) is 15.6 Å². The van der Waals surface area contributed by atoms with Crippen molar-refractivity contribution in [2.75, 3.05) is 18.9 Å². The average Bonchev–Trinajstić information content (AvgIpc) is 2.50. The Morgan fingerprint density at radius 2 is 1.74 bits per heavy atom. The first-order chi connectivity index (χ1) is 10.8. The molecule has 0 heterocycles. The van der Waals surface area contributed by atoms with Gasteiger partial charge in [-0.25, -0.2) is 12.8 Å². The third-order valence-electron chi connectivity index (χ3n) is 2.90. The van der Waals surface area contributed by atoms with Gasteiger partial charge in [-0.15, -0.1) is 0 Å². The molecule has 0 aliphatic rings. The molecule has 0 radical (unpaired) electrons. The zero-order valence-corrected chi connectivity index (χ0v) is 15.2. The Kier molecular flexibility index (Phi) is 5.38. The van der Waals surface area contributed by atoms with Gasteiger partial charge in [-0.2, -0.15) is 0 Å². The fourth-order valence-corrected chi connectivity index (χ4v) is 4.08. The van der Waals surface area contributed by atoms with Crippen LogP contribution in [0.25, 0.3) is 0 Å². The lowest BCUT2D eigenvalue weighted by atomic mass is 10.3. The maximum atomic E-state index is 13.7. The summed E-state index contributed by atoms with van der Waals surface area (Å²) in [6.45, 7) is 0. The summed E-state index contributed by atoms with van der Waals surface area (Å²) in [4.78, 5) is -0.130. The first-order valence-corrected chi connectivity index (χ1v) is 8.83. The summed E-state index contributed by atoms with van der Waals surface area (Å²) in [6.07, 6.45) is 0. The largest absolute Gasteiger partial charge is 0.493 e. The molecule has 0 aliphatic carbocycles. The molecule has 2 aromatic carbocycles. The summed E-state index contributed by atoms with van der Waals surface area (Å²) >= 11 is 8.92. The second kappa shape index (κ2) is 6.94. The fraction of sp³-hybridized carbons (Fsp3) is 0.143. The number of ether oxygens (including phenoxy) is 2. The molecule has 5 nitrogen and oxygen atoms in total. The summed E-state index contributed by atoms with van der Waals surface area (Å²) in [6, 6.07) is 6.30. The molecule has 124 valence electrons. The number of sulfonamides is 1. The van der Waals surface area contributed by atoms with E-state index in [1.807, 2.05) is 0 Å². The van der Waals surface area contributed by atoms with Crippen LogP contribution in [-0.2, 0) is 10.0 Å². The average molecular weight is 425 g/mol. The second-order valence-electron chi connectivity index (χ2n) is 4.37. The SMILES string of the molecule is COc1cc(Br)c(S(=O)(=O)Nc2cc(Cl)ccc2F)cc1OC. The summed E-state index contributed by atoms with van der Waals surface area (Å²) in [5.41, 5.74) is -0.251. The molecule has 0 aromatic heterocycles. The molecular weight excluding hydrogens is 413 g/mol. The summed E-state index contributed by atoms with van der Waals surface area (Å²) in [7, 11) is -1.26. The quantitative estimate of drug-likeness (QED) is 0.786. The Hall–Kier alpha value is -1.51. The van der Waals surface area contributed by atoms with Gasteiger partial charge in [-0.3, -0.25) is 4.72 Å². The molecule has 0 aliphatic heterocycles. The maximum absolute atomic E-state index is 13.7. The molecule has 0 saturated carbocycles. The van der Waals surface area contributed by atoms with Crippen LogP contribution in [0.4, 0.5) is 10.1 Å². The van der Waals surface area contributed by atoms with Gasteiger partial charge in [0.1, 0.15) is 10.7 Å². The van der Waals surface area contributed by atoms with Gasteiger partial charge in [-0.05, 0) is 40.2 Å². The molecule has 1 N–H and O–H groups in total. The smallest absolute Gasteiger partial charge is 0.263 e. The van der Waals surface area contributed by atoms with Crippen molar-refractivity contribution in [1.82, 2.24) is 0 Å². The monoisotopic (exact) mass is 423 g/mol. The van der Waals surface area contributed by atoms with E-state index in [0.29, 0.717) is 5.75 Å². The van der Waals surface area contributed by atoms with Crippen LogP contribution >= 0.6 is 27.5 Å². The molecule has 0 bridgehead atoms. The molecule has 2 aromatic rings. The van der Waals surface area contributed by atoms with Gasteiger partial charge < -0.3 is 9.47 Å². The van der Waals surface area contributed by atoms with E-state index in [4.69, 9.17) is 21.1 Å². The zero-order chi connectivity index (χ0) is 17.2. The minimum atomic E-state index is -4.07. The third kappa shape index (κ3) is 3.88. The molecule has 2 rings (SSSR count). The Morgan fingerprint density at radius 1 is 1.13 bits per heavy atom. The first kappa shape index (κ1) is 17.8. The third-order valence-corrected chi connectivity index (χ3v) is 5.46. The van der Waals surface area contributed by atoms with Crippen LogP contribution in [0.3, 0.4) is 0 Å². The van der Waals surface area contributed by atoms with Crippen molar-refractivity contribution < 1.29 is 22.3 Å². The second-order valence-corrected chi connectivity index (χ2v) is 7.31. The van der Waals surface area contributed by atoms with Crippen molar-refractivity contribution in [3.8, 4) is 11.5 Å². The highest BCUT2D eigenvalue weighted by molar-refractivity contribution is 9.10. The van der Waals surface area contributed by atoms with Crippen molar-refractivity contribution in [3.05, 3.63) is 45.6 Å². The lowest BCUT2D eigenvalue weighted by Gasteiger charge is -2.14. The number of nitrogens with one attached hydrogen (secondary N) is 1. The molecule has 0 unspecified atom stereocenters. The summed E-state index contributed by atoms with van der Waals surface area (Å²) < 4.78 is 51.3. The Bertz CT molecular complexity index is 845. The van der Waals surface area contributed by atoms with Crippen LogP contribution < -0.4 is 14.2 Å². The normalized spacial score (nSPS) is 11.2. The maximum Gasteiger partial charge on any atom is 0.263 e. The molecule has 0 spiro atoms.